The van der Waals surface area contributed by atoms with Gasteiger partial charge in [0.1, 0.15) is 13.2 Å². The first-order valence-corrected chi connectivity index (χ1v) is 9.68. The van der Waals surface area contributed by atoms with Crippen LogP contribution in [0.4, 0.5) is 11.4 Å². The Morgan fingerprint density at radius 3 is 2.29 bits per heavy atom. The molecule has 0 saturated heterocycles. The largest absolute Gasteiger partial charge is 0.486 e. The number of ether oxygens (including phenoxy) is 2. The molecule has 0 saturated carbocycles. The molecular formula is C22H26N2O4. The minimum atomic E-state index is -0.179. The maximum atomic E-state index is 12.4. The van der Waals surface area contributed by atoms with Crippen LogP contribution in [0.1, 0.15) is 37.0 Å². The minimum absolute atomic E-state index is 0.0935. The summed E-state index contributed by atoms with van der Waals surface area (Å²) in [6, 6.07) is 12.9. The summed E-state index contributed by atoms with van der Waals surface area (Å²) in [6.45, 7) is 7.07. The number of benzene rings is 2. The van der Waals surface area contributed by atoms with Gasteiger partial charge in [-0.3, -0.25) is 9.59 Å². The number of amides is 1. The highest BCUT2D eigenvalue weighted by atomic mass is 16.6. The quantitative estimate of drug-likeness (QED) is 0.701. The Bertz CT molecular complexity index is 829. The number of Topliss-reactive ketones (excluding diaryl/α,β-unsaturated/α-hetero) is 1. The molecule has 148 valence electrons. The van der Waals surface area contributed by atoms with E-state index in [1.54, 1.807) is 18.2 Å². The fourth-order valence-corrected chi connectivity index (χ4v) is 3.16. The number of nitrogens with zero attached hydrogens (tertiary/aromatic N) is 1. The van der Waals surface area contributed by atoms with E-state index in [9.17, 15) is 9.59 Å². The molecule has 3 rings (SSSR count). The van der Waals surface area contributed by atoms with Gasteiger partial charge in [-0.25, -0.2) is 0 Å². The average molecular weight is 382 g/mol. The fraction of sp³-hybridized carbons (Fsp3) is 0.364. The van der Waals surface area contributed by atoms with Crippen molar-refractivity contribution in [3.63, 3.8) is 0 Å². The summed E-state index contributed by atoms with van der Waals surface area (Å²) in [5.74, 6) is 0.953. The zero-order valence-corrected chi connectivity index (χ0v) is 16.4. The average Bonchev–Trinajstić information content (AvgIpc) is 2.73. The van der Waals surface area contributed by atoms with Gasteiger partial charge in [0.2, 0.25) is 5.91 Å². The monoisotopic (exact) mass is 382 g/mol. The predicted molar refractivity (Wildman–Crippen MR) is 110 cm³/mol. The smallest absolute Gasteiger partial charge is 0.224 e. The van der Waals surface area contributed by atoms with Crippen molar-refractivity contribution in [3.8, 4) is 11.5 Å². The van der Waals surface area contributed by atoms with Crippen molar-refractivity contribution >= 4 is 23.1 Å². The summed E-state index contributed by atoms with van der Waals surface area (Å²) in [4.78, 5) is 26.8. The number of nitrogens with one attached hydrogen (secondary N) is 1. The standard InChI is InChI=1S/C22H26N2O4/c1-3-24(4-2)18-8-6-17(7-9-18)23-22(26)12-10-19(25)16-5-11-20-21(15-16)28-14-13-27-20/h5-9,11,15H,3-4,10,12-14H2,1-2H3,(H,23,26). The van der Waals surface area contributed by atoms with Gasteiger partial charge < -0.3 is 19.7 Å². The third-order valence-electron chi connectivity index (χ3n) is 4.72. The van der Waals surface area contributed by atoms with Gasteiger partial charge in [0.05, 0.1) is 0 Å². The molecule has 0 radical (unpaired) electrons. The lowest BCUT2D eigenvalue weighted by atomic mass is 10.1. The maximum absolute atomic E-state index is 12.4. The molecule has 0 fully saturated rings. The molecule has 6 heteroatoms. The molecule has 0 atom stereocenters. The van der Waals surface area contributed by atoms with Gasteiger partial charge >= 0.3 is 0 Å². The van der Waals surface area contributed by atoms with E-state index in [2.05, 4.69) is 24.1 Å². The van der Waals surface area contributed by atoms with E-state index in [4.69, 9.17) is 9.47 Å². The van der Waals surface area contributed by atoms with E-state index in [0.29, 0.717) is 30.3 Å². The normalized spacial score (nSPS) is 12.4. The molecule has 0 spiro atoms. The minimum Gasteiger partial charge on any atom is -0.486 e. The third kappa shape index (κ3) is 4.82. The molecular weight excluding hydrogens is 356 g/mol. The van der Waals surface area contributed by atoms with Crippen molar-refractivity contribution in [2.45, 2.75) is 26.7 Å². The van der Waals surface area contributed by atoms with Crippen LogP contribution in [-0.4, -0.2) is 38.0 Å². The molecule has 1 N–H and O–H groups in total. The first-order chi connectivity index (χ1) is 13.6. The van der Waals surface area contributed by atoms with E-state index < -0.39 is 0 Å². The highest BCUT2D eigenvalue weighted by molar-refractivity contribution is 6.00. The molecule has 1 aliphatic rings. The number of hydrogen-bond donors (Lipinski definition) is 1. The second-order valence-electron chi connectivity index (χ2n) is 6.55. The number of hydrogen-bond acceptors (Lipinski definition) is 5. The van der Waals surface area contributed by atoms with Crippen molar-refractivity contribution in [1.29, 1.82) is 0 Å². The van der Waals surface area contributed by atoms with Crippen LogP contribution in [-0.2, 0) is 4.79 Å². The van der Waals surface area contributed by atoms with Crippen molar-refractivity contribution in [2.75, 3.05) is 36.5 Å². The van der Waals surface area contributed by atoms with Crippen molar-refractivity contribution < 1.29 is 19.1 Å². The van der Waals surface area contributed by atoms with Crippen LogP contribution >= 0.6 is 0 Å². The Hall–Kier alpha value is -3.02. The van der Waals surface area contributed by atoms with Crippen LogP contribution in [0.2, 0.25) is 0 Å². The summed E-state index contributed by atoms with van der Waals surface area (Å²) >= 11 is 0. The van der Waals surface area contributed by atoms with Crippen molar-refractivity contribution in [2.24, 2.45) is 0 Å². The SMILES string of the molecule is CCN(CC)c1ccc(NC(=O)CCC(=O)c2ccc3c(c2)OCCO3)cc1. The molecule has 0 unspecified atom stereocenters. The Labute approximate surface area is 165 Å². The van der Waals surface area contributed by atoms with Crippen LogP contribution in [0.3, 0.4) is 0 Å². The van der Waals surface area contributed by atoms with Crippen molar-refractivity contribution in [1.82, 2.24) is 0 Å². The summed E-state index contributed by atoms with van der Waals surface area (Å²) < 4.78 is 11.0. The van der Waals surface area contributed by atoms with E-state index >= 15 is 0 Å². The van der Waals surface area contributed by atoms with Gasteiger partial charge in [-0.1, -0.05) is 0 Å². The van der Waals surface area contributed by atoms with Gasteiger partial charge in [-0.2, -0.15) is 0 Å². The second kappa shape index (κ2) is 9.26. The number of carbonyl (C=O) groups is 2. The van der Waals surface area contributed by atoms with E-state index in [1.807, 2.05) is 24.3 Å². The Morgan fingerprint density at radius 1 is 0.929 bits per heavy atom. The molecule has 1 aliphatic heterocycles. The van der Waals surface area contributed by atoms with Crippen LogP contribution in [0.25, 0.3) is 0 Å². The number of carbonyl (C=O) groups excluding carboxylic acids is 2. The molecule has 28 heavy (non-hydrogen) atoms. The predicted octanol–water partition coefficient (Wildman–Crippen LogP) is 3.91. The lowest BCUT2D eigenvalue weighted by molar-refractivity contribution is -0.116. The van der Waals surface area contributed by atoms with Crippen LogP contribution < -0.4 is 19.7 Å². The van der Waals surface area contributed by atoms with Gasteiger partial charge in [-0.05, 0) is 56.3 Å². The van der Waals surface area contributed by atoms with Gasteiger partial charge in [0, 0.05) is 42.9 Å². The lowest BCUT2D eigenvalue weighted by Crippen LogP contribution is -2.21. The molecule has 2 aromatic rings. The van der Waals surface area contributed by atoms with Crippen LogP contribution in [0, 0.1) is 0 Å². The molecule has 0 aromatic heterocycles. The highest BCUT2D eigenvalue weighted by Gasteiger charge is 2.16. The summed E-state index contributed by atoms with van der Waals surface area (Å²) in [7, 11) is 0. The van der Waals surface area contributed by atoms with Crippen molar-refractivity contribution in [3.05, 3.63) is 48.0 Å². The van der Waals surface area contributed by atoms with Gasteiger partial charge in [-0.15, -0.1) is 0 Å². The van der Waals surface area contributed by atoms with Gasteiger partial charge in [0.15, 0.2) is 17.3 Å². The molecule has 0 bridgehead atoms. The number of ketones is 1. The van der Waals surface area contributed by atoms with E-state index in [0.717, 1.165) is 24.5 Å². The first-order valence-electron chi connectivity index (χ1n) is 9.68. The molecule has 1 heterocycles. The summed E-state index contributed by atoms with van der Waals surface area (Å²) in [5, 5.41) is 2.85. The lowest BCUT2D eigenvalue weighted by Gasteiger charge is -2.21. The van der Waals surface area contributed by atoms with Crippen LogP contribution in [0.15, 0.2) is 42.5 Å². The molecule has 0 aliphatic carbocycles. The number of rotatable bonds is 8. The molecule has 2 aromatic carbocycles. The van der Waals surface area contributed by atoms with Crippen LogP contribution in [0.5, 0.6) is 11.5 Å². The Kier molecular flexibility index (Phi) is 6.53. The number of anilines is 2. The summed E-state index contributed by atoms with van der Waals surface area (Å²) in [5.41, 5.74) is 2.38. The zero-order valence-electron chi connectivity index (χ0n) is 16.4. The fourth-order valence-electron chi connectivity index (χ4n) is 3.16. The molecule has 6 nitrogen and oxygen atoms in total. The summed E-state index contributed by atoms with van der Waals surface area (Å²) in [6.07, 6.45) is 0.272. The third-order valence-corrected chi connectivity index (χ3v) is 4.72. The van der Waals surface area contributed by atoms with E-state index in [1.165, 1.54) is 0 Å². The maximum Gasteiger partial charge on any atom is 0.224 e. The first kappa shape index (κ1) is 19.7. The second-order valence-corrected chi connectivity index (χ2v) is 6.55. The highest BCUT2D eigenvalue weighted by Crippen LogP contribution is 2.31. The van der Waals surface area contributed by atoms with E-state index in [-0.39, 0.29) is 24.5 Å². The Balaban J connectivity index is 1.52. The zero-order chi connectivity index (χ0) is 19.9. The van der Waals surface area contributed by atoms with Gasteiger partial charge in [0.25, 0.3) is 0 Å². The topological polar surface area (TPSA) is 67.9 Å². The molecule has 1 amide bonds. The number of fused-ring (bicyclic) bond motifs is 1. The Morgan fingerprint density at radius 2 is 1.61 bits per heavy atom.